The van der Waals surface area contributed by atoms with E-state index in [2.05, 4.69) is 26.3 Å². The molecule has 24 heavy (non-hydrogen) atoms. The Bertz CT molecular complexity index is 770. The SMILES string of the molecule is COc1ccc(Br)cc1CC(=O)Nc1cnn(C(C)(C)C(=O)O)c1. The van der Waals surface area contributed by atoms with E-state index >= 15 is 0 Å². The van der Waals surface area contributed by atoms with Gasteiger partial charge in [-0.05, 0) is 32.0 Å². The van der Waals surface area contributed by atoms with Crippen LogP contribution >= 0.6 is 15.9 Å². The summed E-state index contributed by atoms with van der Waals surface area (Å²) in [5, 5.41) is 15.9. The Balaban J connectivity index is 2.10. The van der Waals surface area contributed by atoms with Gasteiger partial charge in [-0.3, -0.25) is 9.48 Å². The van der Waals surface area contributed by atoms with Gasteiger partial charge in [-0.1, -0.05) is 15.9 Å². The number of carbonyl (C=O) groups excluding carboxylic acids is 1. The van der Waals surface area contributed by atoms with Crippen LogP contribution in [0.3, 0.4) is 0 Å². The molecule has 0 spiro atoms. The van der Waals surface area contributed by atoms with Crippen LogP contribution in [0.4, 0.5) is 5.69 Å². The molecule has 0 atom stereocenters. The number of carboxylic acids is 1. The van der Waals surface area contributed by atoms with E-state index in [4.69, 9.17) is 4.74 Å². The maximum Gasteiger partial charge on any atom is 0.331 e. The fourth-order valence-electron chi connectivity index (χ4n) is 2.05. The molecule has 2 aromatic rings. The van der Waals surface area contributed by atoms with Gasteiger partial charge in [-0.25, -0.2) is 4.79 Å². The highest BCUT2D eigenvalue weighted by atomic mass is 79.9. The third-order valence-electron chi connectivity index (χ3n) is 3.56. The van der Waals surface area contributed by atoms with E-state index in [0.29, 0.717) is 11.4 Å². The quantitative estimate of drug-likeness (QED) is 0.783. The van der Waals surface area contributed by atoms with E-state index in [-0.39, 0.29) is 12.3 Å². The minimum Gasteiger partial charge on any atom is -0.496 e. The zero-order valence-electron chi connectivity index (χ0n) is 13.5. The van der Waals surface area contributed by atoms with Gasteiger partial charge in [0.2, 0.25) is 5.91 Å². The predicted molar refractivity (Wildman–Crippen MR) is 92.2 cm³/mol. The molecule has 0 fully saturated rings. The van der Waals surface area contributed by atoms with Crippen LogP contribution in [-0.2, 0) is 21.5 Å². The molecule has 1 heterocycles. The number of hydrogen-bond acceptors (Lipinski definition) is 4. The fourth-order valence-corrected chi connectivity index (χ4v) is 2.46. The number of amides is 1. The van der Waals surface area contributed by atoms with Crippen LogP contribution in [-0.4, -0.2) is 33.9 Å². The summed E-state index contributed by atoms with van der Waals surface area (Å²) in [4.78, 5) is 23.4. The number of rotatable bonds is 6. The van der Waals surface area contributed by atoms with Crippen molar-refractivity contribution in [1.29, 1.82) is 0 Å². The molecule has 1 aromatic carbocycles. The highest BCUT2D eigenvalue weighted by Gasteiger charge is 2.30. The Morgan fingerprint density at radius 3 is 2.75 bits per heavy atom. The second-order valence-corrected chi connectivity index (χ2v) is 6.63. The van der Waals surface area contributed by atoms with Crippen molar-refractivity contribution in [3.63, 3.8) is 0 Å². The van der Waals surface area contributed by atoms with Crippen LogP contribution in [0, 0.1) is 0 Å². The predicted octanol–water partition coefficient (Wildman–Crippen LogP) is 2.66. The zero-order valence-corrected chi connectivity index (χ0v) is 15.1. The molecule has 0 aliphatic rings. The summed E-state index contributed by atoms with van der Waals surface area (Å²) in [7, 11) is 1.54. The Labute approximate surface area is 147 Å². The molecule has 0 bridgehead atoms. The number of hydrogen-bond donors (Lipinski definition) is 2. The van der Waals surface area contributed by atoms with Gasteiger partial charge in [0.25, 0.3) is 0 Å². The Morgan fingerprint density at radius 1 is 1.42 bits per heavy atom. The lowest BCUT2D eigenvalue weighted by molar-refractivity contribution is -0.146. The van der Waals surface area contributed by atoms with E-state index in [0.717, 1.165) is 10.0 Å². The van der Waals surface area contributed by atoms with Gasteiger partial charge in [-0.2, -0.15) is 5.10 Å². The highest BCUT2D eigenvalue weighted by Crippen LogP contribution is 2.24. The Morgan fingerprint density at radius 2 is 2.12 bits per heavy atom. The summed E-state index contributed by atoms with van der Waals surface area (Å²) in [6.07, 6.45) is 3.03. The van der Waals surface area contributed by atoms with Crippen LogP contribution in [0.1, 0.15) is 19.4 Å². The molecular formula is C16H18BrN3O4. The maximum absolute atomic E-state index is 12.2. The second-order valence-electron chi connectivity index (χ2n) is 5.72. The molecule has 0 saturated carbocycles. The zero-order chi connectivity index (χ0) is 17.9. The minimum absolute atomic E-state index is 0.121. The highest BCUT2D eigenvalue weighted by molar-refractivity contribution is 9.10. The van der Waals surface area contributed by atoms with Crippen LogP contribution in [0.5, 0.6) is 5.75 Å². The summed E-state index contributed by atoms with van der Waals surface area (Å²) >= 11 is 3.36. The lowest BCUT2D eigenvalue weighted by Gasteiger charge is -2.19. The third kappa shape index (κ3) is 3.94. The standard InChI is InChI=1S/C16H18BrN3O4/c1-16(2,15(22)23)20-9-12(8-18-20)19-14(21)7-10-6-11(17)4-5-13(10)24-3/h4-6,8-9H,7H2,1-3H3,(H,19,21)(H,22,23). The normalized spacial score (nSPS) is 11.2. The van der Waals surface area contributed by atoms with E-state index in [9.17, 15) is 14.7 Å². The molecule has 0 aliphatic carbocycles. The summed E-state index contributed by atoms with van der Waals surface area (Å²) in [6, 6.07) is 5.42. The van der Waals surface area contributed by atoms with Crippen LogP contribution in [0.2, 0.25) is 0 Å². The van der Waals surface area contributed by atoms with Gasteiger partial charge in [0.15, 0.2) is 5.54 Å². The number of carboxylic acid groups (broad SMARTS) is 1. The number of methoxy groups -OCH3 is 1. The Hall–Kier alpha value is -2.35. The van der Waals surface area contributed by atoms with Crippen LogP contribution in [0.15, 0.2) is 35.1 Å². The average molecular weight is 396 g/mol. The van der Waals surface area contributed by atoms with Crippen molar-refractivity contribution in [3.05, 3.63) is 40.6 Å². The Kier molecular flexibility index (Phi) is 5.28. The first-order chi connectivity index (χ1) is 11.2. The van der Waals surface area contributed by atoms with Gasteiger partial charge >= 0.3 is 5.97 Å². The summed E-state index contributed by atoms with van der Waals surface area (Å²) in [5.41, 5.74) is -0.0258. The number of aromatic nitrogens is 2. The first-order valence-corrected chi connectivity index (χ1v) is 7.94. The molecule has 7 nitrogen and oxygen atoms in total. The first kappa shape index (κ1) is 18.0. The number of ether oxygens (including phenoxy) is 1. The molecular weight excluding hydrogens is 378 g/mol. The largest absolute Gasteiger partial charge is 0.496 e. The summed E-state index contributed by atoms with van der Waals surface area (Å²) in [6.45, 7) is 3.06. The number of aliphatic carboxylic acids is 1. The number of nitrogens with one attached hydrogen (secondary N) is 1. The van der Waals surface area contributed by atoms with E-state index < -0.39 is 11.5 Å². The lowest BCUT2D eigenvalue weighted by Crippen LogP contribution is -2.35. The smallest absolute Gasteiger partial charge is 0.331 e. The molecule has 8 heteroatoms. The van der Waals surface area contributed by atoms with Crippen molar-refractivity contribution in [3.8, 4) is 5.75 Å². The molecule has 0 unspecified atom stereocenters. The van der Waals surface area contributed by atoms with Gasteiger partial charge in [-0.15, -0.1) is 0 Å². The fraction of sp³-hybridized carbons (Fsp3) is 0.312. The van der Waals surface area contributed by atoms with Crippen molar-refractivity contribution in [2.24, 2.45) is 0 Å². The number of nitrogens with zero attached hydrogens (tertiary/aromatic N) is 2. The molecule has 128 valence electrons. The number of anilines is 1. The van der Waals surface area contributed by atoms with Crippen LogP contribution < -0.4 is 10.1 Å². The molecule has 0 radical (unpaired) electrons. The van der Waals surface area contributed by atoms with E-state index in [1.807, 2.05) is 12.1 Å². The molecule has 0 aliphatic heterocycles. The molecule has 1 amide bonds. The topological polar surface area (TPSA) is 93.5 Å². The number of carbonyl (C=O) groups is 2. The monoisotopic (exact) mass is 395 g/mol. The molecule has 2 rings (SSSR count). The molecule has 1 aromatic heterocycles. The lowest BCUT2D eigenvalue weighted by atomic mass is 10.1. The van der Waals surface area contributed by atoms with Crippen molar-refractivity contribution in [2.45, 2.75) is 25.8 Å². The third-order valence-corrected chi connectivity index (χ3v) is 4.05. The van der Waals surface area contributed by atoms with Crippen molar-refractivity contribution in [2.75, 3.05) is 12.4 Å². The second kappa shape index (κ2) is 7.04. The van der Waals surface area contributed by atoms with E-state index in [1.165, 1.54) is 30.9 Å². The maximum atomic E-state index is 12.2. The average Bonchev–Trinajstić information content (AvgIpc) is 2.96. The van der Waals surface area contributed by atoms with Gasteiger partial charge in [0.1, 0.15) is 5.75 Å². The molecule has 0 saturated heterocycles. The minimum atomic E-state index is -1.20. The van der Waals surface area contributed by atoms with Crippen molar-refractivity contribution < 1.29 is 19.4 Å². The van der Waals surface area contributed by atoms with Gasteiger partial charge in [0.05, 0.1) is 25.4 Å². The van der Waals surface area contributed by atoms with Gasteiger partial charge < -0.3 is 15.2 Å². The van der Waals surface area contributed by atoms with Crippen LogP contribution in [0.25, 0.3) is 0 Å². The van der Waals surface area contributed by atoms with Crippen molar-refractivity contribution in [1.82, 2.24) is 9.78 Å². The van der Waals surface area contributed by atoms with Crippen molar-refractivity contribution >= 4 is 33.5 Å². The number of halogens is 1. The summed E-state index contributed by atoms with van der Waals surface area (Å²) in [5.74, 6) is -0.641. The van der Waals surface area contributed by atoms with Gasteiger partial charge in [0, 0.05) is 16.2 Å². The first-order valence-electron chi connectivity index (χ1n) is 7.15. The van der Waals surface area contributed by atoms with E-state index in [1.54, 1.807) is 13.2 Å². The summed E-state index contributed by atoms with van der Waals surface area (Å²) < 4.78 is 7.39. The molecule has 2 N–H and O–H groups in total. The number of benzene rings is 1.